The highest BCUT2D eigenvalue weighted by Gasteiger charge is 2.39. The summed E-state index contributed by atoms with van der Waals surface area (Å²) in [6.07, 6.45) is 1.29. The number of nitrogens with zero attached hydrogens (tertiary/aromatic N) is 2. The maximum atomic E-state index is 12.5. The Balaban J connectivity index is 1.85. The van der Waals surface area contributed by atoms with Gasteiger partial charge in [0.2, 0.25) is 0 Å². The minimum Gasteiger partial charge on any atom is -0.480 e. The van der Waals surface area contributed by atoms with Crippen LogP contribution in [0.1, 0.15) is 33.6 Å². The Kier molecular flexibility index (Phi) is 5.68. The van der Waals surface area contributed by atoms with E-state index in [2.05, 4.69) is 4.72 Å². The standard InChI is InChI=1S/C14H27N3O5S/c1-4-16(9-13(18)19)12-7-11(8-12)15-23(20,21)17-5-6-22-14(2,3)10-17/h11-12,15H,4-10H2,1-3H3,(H,18,19). The van der Waals surface area contributed by atoms with Crippen LogP contribution in [0.5, 0.6) is 0 Å². The molecule has 8 nitrogen and oxygen atoms in total. The second-order valence-electron chi connectivity index (χ2n) is 6.84. The number of carboxylic acid groups (broad SMARTS) is 1. The summed E-state index contributed by atoms with van der Waals surface area (Å²) in [6.45, 7) is 7.39. The van der Waals surface area contributed by atoms with Crippen molar-refractivity contribution in [2.24, 2.45) is 0 Å². The van der Waals surface area contributed by atoms with Gasteiger partial charge in [0.05, 0.1) is 18.8 Å². The van der Waals surface area contributed by atoms with Crippen LogP contribution in [-0.4, -0.2) is 79.2 Å². The van der Waals surface area contributed by atoms with E-state index >= 15 is 0 Å². The quantitative estimate of drug-likeness (QED) is 0.664. The highest BCUT2D eigenvalue weighted by Crippen LogP contribution is 2.27. The van der Waals surface area contributed by atoms with Crippen LogP contribution in [0.25, 0.3) is 0 Å². The molecule has 2 fully saturated rings. The van der Waals surface area contributed by atoms with Crippen molar-refractivity contribution in [2.75, 3.05) is 32.8 Å². The van der Waals surface area contributed by atoms with Gasteiger partial charge < -0.3 is 9.84 Å². The molecule has 23 heavy (non-hydrogen) atoms. The van der Waals surface area contributed by atoms with Crippen LogP contribution in [0.4, 0.5) is 0 Å². The van der Waals surface area contributed by atoms with Crippen LogP contribution in [-0.2, 0) is 19.7 Å². The van der Waals surface area contributed by atoms with Gasteiger partial charge >= 0.3 is 5.97 Å². The van der Waals surface area contributed by atoms with Crippen LogP contribution >= 0.6 is 0 Å². The summed E-state index contributed by atoms with van der Waals surface area (Å²) in [4.78, 5) is 12.7. The lowest BCUT2D eigenvalue weighted by molar-refractivity contribution is -0.139. The fourth-order valence-corrected chi connectivity index (χ4v) is 4.68. The van der Waals surface area contributed by atoms with E-state index in [0.717, 1.165) is 0 Å². The van der Waals surface area contributed by atoms with E-state index in [1.807, 2.05) is 25.7 Å². The molecule has 0 aromatic carbocycles. The predicted molar refractivity (Wildman–Crippen MR) is 85.4 cm³/mol. The van der Waals surface area contributed by atoms with Gasteiger partial charge in [-0.2, -0.15) is 17.4 Å². The summed E-state index contributed by atoms with van der Waals surface area (Å²) in [5, 5.41) is 8.88. The molecule has 1 heterocycles. The molecule has 1 aliphatic heterocycles. The van der Waals surface area contributed by atoms with Gasteiger partial charge in [-0.15, -0.1) is 0 Å². The third kappa shape index (κ3) is 4.87. The van der Waals surface area contributed by atoms with Gasteiger partial charge in [-0.05, 0) is 33.2 Å². The second kappa shape index (κ2) is 7.02. The summed E-state index contributed by atoms with van der Waals surface area (Å²) in [6, 6.07) is 0.00346. The lowest BCUT2D eigenvalue weighted by Gasteiger charge is -2.43. The molecule has 1 saturated heterocycles. The van der Waals surface area contributed by atoms with Crippen molar-refractivity contribution in [3.8, 4) is 0 Å². The predicted octanol–water partition coefficient (Wildman–Crippen LogP) is -0.131. The molecule has 2 aliphatic rings. The molecule has 0 bridgehead atoms. The first-order chi connectivity index (χ1) is 10.6. The van der Waals surface area contributed by atoms with Crippen molar-refractivity contribution in [3.63, 3.8) is 0 Å². The molecule has 2 rings (SSSR count). The zero-order valence-electron chi connectivity index (χ0n) is 14.0. The Hall–Kier alpha value is -0.740. The first kappa shape index (κ1) is 18.6. The molecule has 134 valence electrons. The zero-order chi connectivity index (χ0) is 17.3. The fraction of sp³-hybridized carbons (Fsp3) is 0.929. The largest absolute Gasteiger partial charge is 0.480 e. The molecule has 0 unspecified atom stereocenters. The van der Waals surface area contributed by atoms with E-state index in [4.69, 9.17) is 9.84 Å². The van der Waals surface area contributed by atoms with Crippen molar-refractivity contribution in [1.82, 2.24) is 13.9 Å². The normalized spacial score (nSPS) is 28.5. The molecule has 9 heteroatoms. The van der Waals surface area contributed by atoms with E-state index in [1.165, 1.54) is 4.31 Å². The number of hydrogen-bond donors (Lipinski definition) is 2. The average molecular weight is 349 g/mol. The molecule has 0 spiro atoms. The molecule has 0 amide bonds. The number of rotatable bonds is 7. The molecular weight excluding hydrogens is 322 g/mol. The van der Waals surface area contributed by atoms with Gasteiger partial charge in [0, 0.05) is 25.2 Å². The molecule has 0 radical (unpaired) electrons. The lowest BCUT2D eigenvalue weighted by Crippen LogP contribution is -2.59. The average Bonchev–Trinajstić information content (AvgIpc) is 2.39. The molecule has 1 saturated carbocycles. The summed E-state index contributed by atoms with van der Waals surface area (Å²) < 4.78 is 34.6. The smallest absolute Gasteiger partial charge is 0.317 e. The molecule has 0 aromatic heterocycles. The number of likely N-dealkylation sites (N-methyl/N-ethyl adjacent to an activating group) is 1. The molecule has 0 atom stereocenters. The summed E-state index contributed by atoms with van der Waals surface area (Å²) in [5.74, 6) is -0.855. The van der Waals surface area contributed by atoms with Crippen LogP contribution in [0.2, 0.25) is 0 Å². The Morgan fingerprint density at radius 3 is 2.61 bits per heavy atom. The number of morpholine rings is 1. The number of nitrogens with one attached hydrogen (secondary N) is 1. The first-order valence-electron chi connectivity index (χ1n) is 8.00. The van der Waals surface area contributed by atoms with E-state index in [1.54, 1.807) is 0 Å². The number of aliphatic carboxylic acids is 1. The summed E-state index contributed by atoms with van der Waals surface area (Å²) in [5.41, 5.74) is -0.477. The Morgan fingerprint density at radius 1 is 1.43 bits per heavy atom. The Bertz CT molecular complexity index is 531. The second-order valence-corrected chi connectivity index (χ2v) is 8.55. The van der Waals surface area contributed by atoms with Gasteiger partial charge in [-0.1, -0.05) is 6.92 Å². The number of carboxylic acids is 1. The zero-order valence-corrected chi connectivity index (χ0v) is 14.8. The first-order valence-corrected chi connectivity index (χ1v) is 9.44. The van der Waals surface area contributed by atoms with Gasteiger partial charge in [0.15, 0.2) is 0 Å². The third-order valence-electron chi connectivity index (χ3n) is 4.42. The monoisotopic (exact) mass is 349 g/mol. The van der Waals surface area contributed by atoms with Gasteiger partial charge in [-0.3, -0.25) is 9.69 Å². The van der Waals surface area contributed by atoms with Crippen LogP contribution in [0.15, 0.2) is 0 Å². The van der Waals surface area contributed by atoms with Crippen molar-refractivity contribution < 1.29 is 23.1 Å². The van der Waals surface area contributed by atoms with Crippen molar-refractivity contribution >= 4 is 16.2 Å². The Morgan fingerprint density at radius 2 is 2.09 bits per heavy atom. The molecule has 1 aliphatic carbocycles. The van der Waals surface area contributed by atoms with E-state index in [0.29, 0.717) is 39.1 Å². The minimum atomic E-state index is -3.52. The van der Waals surface area contributed by atoms with Crippen LogP contribution < -0.4 is 4.72 Å². The molecule has 2 N–H and O–H groups in total. The molecule has 0 aromatic rings. The lowest BCUT2D eigenvalue weighted by atomic mass is 9.86. The van der Waals surface area contributed by atoms with Crippen molar-refractivity contribution in [1.29, 1.82) is 0 Å². The van der Waals surface area contributed by atoms with Crippen LogP contribution in [0, 0.1) is 0 Å². The van der Waals surface area contributed by atoms with Gasteiger partial charge in [0.1, 0.15) is 0 Å². The SMILES string of the molecule is CCN(CC(=O)O)C1CC(NS(=O)(=O)N2CCOC(C)(C)C2)C1. The number of ether oxygens (including phenoxy) is 1. The summed E-state index contributed by atoms with van der Waals surface area (Å²) in [7, 11) is -3.52. The van der Waals surface area contributed by atoms with Crippen LogP contribution in [0.3, 0.4) is 0 Å². The highest BCUT2D eigenvalue weighted by molar-refractivity contribution is 7.87. The maximum absolute atomic E-state index is 12.5. The third-order valence-corrected chi connectivity index (χ3v) is 6.04. The van der Waals surface area contributed by atoms with E-state index in [-0.39, 0.29) is 18.6 Å². The highest BCUT2D eigenvalue weighted by atomic mass is 32.2. The fourth-order valence-electron chi connectivity index (χ4n) is 3.12. The molecular formula is C14H27N3O5S. The van der Waals surface area contributed by atoms with Crippen molar-refractivity contribution in [3.05, 3.63) is 0 Å². The Labute approximate surface area is 138 Å². The van der Waals surface area contributed by atoms with Gasteiger partial charge in [0.25, 0.3) is 10.2 Å². The number of hydrogen-bond acceptors (Lipinski definition) is 5. The van der Waals surface area contributed by atoms with E-state index < -0.39 is 21.8 Å². The number of carbonyl (C=O) groups is 1. The maximum Gasteiger partial charge on any atom is 0.317 e. The van der Waals surface area contributed by atoms with Crippen molar-refractivity contribution in [2.45, 2.75) is 51.3 Å². The summed E-state index contributed by atoms with van der Waals surface area (Å²) >= 11 is 0. The van der Waals surface area contributed by atoms with Gasteiger partial charge in [-0.25, -0.2) is 0 Å². The van der Waals surface area contributed by atoms with E-state index in [9.17, 15) is 13.2 Å². The minimum absolute atomic E-state index is 0.00170. The topological polar surface area (TPSA) is 99.2 Å².